The molecule has 24 heavy (non-hydrogen) atoms. The Kier molecular flexibility index (Phi) is 6.50. The van der Waals surface area contributed by atoms with Crippen molar-refractivity contribution in [3.63, 3.8) is 0 Å². The maximum Gasteiger partial charge on any atom is 0.251 e. The van der Waals surface area contributed by atoms with Gasteiger partial charge in [-0.25, -0.2) is 0 Å². The Morgan fingerprint density at radius 3 is 2.75 bits per heavy atom. The summed E-state index contributed by atoms with van der Waals surface area (Å²) in [6.07, 6.45) is 2.84. The molecular weight excluding hydrogens is 324 g/mol. The van der Waals surface area contributed by atoms with Gasteiger partial charge in [-0.15, -0.1) is 12.4 Å². The molecule has 2 N–H and O–H groups in total. The Balaban J connectivity index is 0.00000208. The number of benzene rings is 2. The van der Waals surface area contributed by atoms with Gasteiger partial charge >= 0.3 is 0 Å². The molecule has 3 rings (SSSR count). The fourth-order valence-corrected chi connectivity index (χ4v) is 2.93. The zero-order valence-corrected chi connectivity index (χ0v) is 14.6. The second-order valence-corrected chi connectivity index (χ2v) is 5.72. The number of anilines is 1. The molecule has 128 valence electrons. The van der Waals surface area contributed by atoms with Crippen molar-refractivity contribution in [2.24, 2.45) is 0 Å². The van der Waals surface area contributed by atoms with Gasteiger partial charge in [0.1, 0.15) is 5.75 Å². The van der Waals surface area contributed by atoms with Crippen LogP contribution in [0.1, 0.15) is 27.9 Å². The molecular formula is C19H23ClN2O2. The van der Waals surface area contributed by atoms with Gasteiger partial charge in [-0.3, -0.25) is 4.79 Å². The lowest BCUT2D eigenvalue weighted by Crippen LogP contribution is -2.27. The fraction of sp³-hybridized carbons (Fsp3) is 0.316. The lowest BCUT2D eigenvalue weighted by Gasteiger charge is -2.20. The lowest BCUT2D eigenvalue weighted by molar-refractivity contribution is 0.0953. The third-order valence-electron chi connectivity index (χ3n) is 4.20. The molecule has 0 saturated carbocycles. The van der Waals surface area contributed by atoms with Crippen LogP contribution in [0.5, 0.6) is 5.75 Å². The molecule has 0 aromatic heterocycles. The highest BCUT2D eigenvalue weighted by molar-refractivity contribution is 5.97. The minimum atomic E-state index is 0. The summed E-state index contributed by atoms with van der Waals surface area (Å²) < 4.78 is 5.15. The number of halogens is 1. The number of rotatable bonds is 5. The van der Waals surface area contributed by atoms with E-state index in [1.807, 2.05) is 42.5 Å². The average molecular weight is 347 g/mol. The topological polar surface area (TPSA) is 50.4 Å². The van der Waals surface area contributed by atoms with Crippen LogP contribution in [0.2, 0.25) is 0 Å². The lowest BCUT2D eigenvalue weighted by atomic mass is 9.97. The van der Waals surface area contributed by atoms with Gasteiger partial charge in [-0.05, 0) is 54.7 Å². The van der Waals surface area contributed by atoms with Crippen LogP contribution in [-0.4, -0.2) is 26.1 Å². The van der Waals surface area contributed by atoms with Crippen molar-refractivity contribution in [1.29, 1.82) is 0 Å². The third kappa shape index (κ3) is 4.20. The maximum absolute atomic E-state index is 12.4. The zero-order valence-electron chi connectivity index (χ0n) is 13.8. The molecule has 4 nitrogen and oxygen atoms in total. The number of nitrogens with one attached hydrogen (secondary N) is 2. The van der Waals surface area contributed by atoms with Crippen LogP contribution in [0, 0.1) is 0 Å². The molecule has 1 aliphatic heterocycles. The molecule has 1 amide bonds. The first-order valence-electron chi connectivity index (χ1n) is 8.05. The van der Waals surface area contributed by atoms with E-state index < -0.39 is 0 Å². The smallest absolute Gasteiger partial charge is 0.251 e. The number of methoxy groups -OCH3 is 1. The normalized spacial score (nSPS) is 12.4. The van der Waals surface area contributed by atoms with Gasteiger partial charge < -0.3 is 15.4 Å². The molecule has 5 heteroatoms. The second-order valence-electron chi connectivity index (χ2n) is 5.72. The third-order valence-corrected chi connectivity index (χ3v) is 4.20. The maximum atomic E-state index is 12.4. The summed E-state index contributed by atoms with van der Waals surface area (Å²) in [6.45, 7) is 1.61. The Morgan fingerprint density at radius 1 is 1.21 bits per heavy atom. The van der Waals surface area contributed by atoms with Crippen molar-refractivity contribution in [3.8, 4) is 5.75 Å². The van der Waals surface area contributed by atoms with Gasteiger partial charge in [0.15, 0.2) is 0 Å². The van der Waals surface area contributed by atoms with Gasteiger partial charge in [-0.1, -0.05) is 18.2 Å². The van der Waals surface area contributed by atoms with E-state index in [0.29, 0.717) is 6.54 Å². The minimum Gasteiger partial charge on any atom is -0.497 e. The van der Waals surface area contributed by atoms with Crippen LogP contribution in [0.4, 0.5) is 5.69 Å². The van der Waals surface area contributed by atoms with Crippen molar-refractivity contribution in [2.45, 2.75) is 19.3 Å². The Bertz CT molecular complexity index is 686. The summed E-state index contributed by atoms with van der Waals surface area (Å²) in [7, 11) is 1.66. The van der Waals surface area contributed by atoms with Crippen molar-refractivity contribution < 1.29 is 9.53 Å². The molecule has 0 fully saturated rings. The number of hydrogen-bond acceptors (Lipinski definition) is 3. The van der Waals surface area contributed by atoms with Gasteiger partial charge in [0.05, 0.1) is 7.11 Å². The summed E-state index contributed by atoms with van der Waals surface area (Å²) >= 11 is 0. The van der Waals surface area contributed by atoms with Crippen molar-refractivity contribution >= 4 is 24.0 Å². The van der Waals surface area contributed by atoms with Crippen LogP contribution < -0.4 is 15.4 Å². The van der Waals surface area contributed by atoms with Crippen molar-refractivity contribution in [1.82, 2.24) is 5.32 Å². The summed E-state index contributed by atoms with van der Waals surface area (Å²) in [5.74, 6) is 0.861. The molecule has 0 radical (unpaired) electrons. The summed E-state index contributed by atoms with van der Waals surface area (Å²) in [6, 6.07) is 13.8. The number of carbonyl (C=O) groups is 1. The van der Waals surface area contributed by atoms with Gasteiger partial charge in [0.2, 0.25) is 0 Å². The van der Waals surface area contributed by atoms with Crippen molar-refractivity contribution in [2.75, 3.05) is 25.5 Å². The van der Waals surface area contributed by atoms with Gasteiger partial charge in [0.25, 0.3) is 5.91 Å². The number of carbonyl (C=O) groups excluding carboxylic acids is 1. The number of hydrogen-bond donors (Lipinski definition) is 2. The highest BCUT2D eigenvalue weighted by Crippen LogP contribution is 2.25. The van der Waals surface area contributed by atoms with Crippen LogP contribution >= 0.6 is 12.4 Å². The predicted octanol–water partition coefficient (Wildman–Crippen LogP) is 3.45. The zero-order chi connectivity index (χ0) is 16.1. The molecule has 2 aromatic carbocycles. The Hall–Kier alpha value is -2.20. The molecule has 2 aromatic rings. The predicted molar refractivity (Wildman–Crippen MR) is 99.5 cm³/mol. The molecule has 1 heterocycles. The van der Waals surface area contributed by atoms with Gasteiger partial charge in [0, 0.05) is 24.3 Å². The van der Waals surface area contributed by atoms with E-state index in [1.54, 1.807) is 7.11 Å². The van der Waals surface area contributed by atoms with Crippen LogP contribution in [0.25, 0.3) is 0 Å². The van der Waals surface area contributed by atoms with E-state index in [1.165, 1.54) is 5.56 Å². The molecule has 0 unspecified atom stereocenters. The summed E-state index contributed by atoms with van der Waals surface area (Å²) in [5.41, 5.74) is 4.21. The van der Waals surface area contributed by atoms with E-state index in [4.69, 9.17) is 4.74 Å². The van der Waals surface area contributed by atoms with Crippen molar-refractivity contribution in [3.05, 3.63) is 59.2 Å². The molecule has 1 aliphatic rings. The number of amides is 1. The van der Waals surface area contributed by atoms with E-state index in [0.717, 1.165) is 48.4 Å². The van der Waals surface area contributed by atoms with E-state index in [9.17, 15) is 4.79 Å². The van der Waals surface area contributed by atoms with E-state index in [-0.39, 0.29) is 18.3 Å². The second kappa shape index (κ2) is 8.60. The molecule has 0 spiro atoms. The Morgan fingerprint density at radius 2 is 2.00 bits per heavy atom. The SMILES string of the molecule is COc1ccc(CCNC(=O)c2cccc3c2CCCN3)cc1.Cl. The monoisotopic (exact) mass is 346 g/mol. The fourth-order valence-electron chi connectivity index (χ4n) is 2.93. The highest BCUT2D eigenvalue weighted by Gasteiger charge is 2.16. The number of ether oxygens (including phenoxy) is 1. The summed E-state index contributed by atoms with van der Waals surface area (Å²) in [4.78, 5) is 12.4. The highest BCUT2D eigenvalue weighted by atomic mass is 35.5. The first-order valence-corrected chi connectivity index (χ1v) is 8.05. The van der Waals surface area contributed by atoms with Crippen LogP contribution in [0.15, 0.2) is 42.5 Å². The van der Waals surface area contributed by atoms with Crippen LogP contribution in [0.3, 0.4) is 0 Å². The first-order chi connectivity index (χ1) is 11.3. The van der Waals surface area contributed by atoms with E-state index >= 15 is 0 Å². The van der Waals surface area contributed by atoms with Crippen LogP contribution in [-0.2, 0) is 12.8 Å². The minimum absolute atomic E-state index is 0. The molecule has 0 atom stereocenters. The van der Waals surface area contributed by atoms with Gasteiger partial charge in [-0.2, -0.15) is 0 Å². The standard InChI is InChI=1S/C19H22N2O2.ClH/c1-23-15-9-7-14(8-10-15)11-13-21-19(22)17-4-2-6-18-16(17)5-3-12-20-18;/h2,4,6-10,20H,3,5,11-13H2,1H3,(H,21,22);1H. The first kappa shape index (κ1) is 18.1. The Labute approximate surface area is 149 Å². The quantitative estimate of drug-likeness (QED) is 0.871. The van der Waals surface area contributed by atoms with E-state index in [2.05, 4.69) is 10.6 Å². The number of fused-ring (bicyclic) bond motifs is 1. The molecule has 0 saturated heterocycles. The largest absolute Gasteiger partial charge is 0.497 e. The molecule has 0 aliphatic carbocycles. The molecule has 0 bridgehead atoms. The average Bonchev–Trinajstić information content (AvgIpc) is 2.61. The summed E-state index contributed by atoms with van der Waals surface area (Å²) in [5, 5.41) is 6.39.